The Morgan fingerprint density at radius 2 is 2.29 bits per heavy atom. The highest BCUT2D eigenvalue weighted by molar-refractivity contribution is 8.16. The van der Waals surface area contributed by atoms with Gasteiger partial charge in [0.1, 0.15) is 0 Å². The molecule has 14 heavy (non-hydrogen) atoms. The molecule has 0 aromatic rings. The minimum absolute atomic E-state index is 0.0698. The Labute approximate surface area is 86.2 Å². The fraction of sp³-hybridized carbons (Fsp3) is 0.833. The molecule has 1 saturated heterocycles. The van der Waals surface area contributed by atoms with E-state index in [9.17, 15) is 13.2 Å². The monoisotopic (exact) mass is 240 g/mol. The summed E-state index contributed by atoms with van der Waals surface area (Å²) in [5.41, 5.74) is 5.13. The van der Waals surface area contributed by atoms with E-state index in [1.165, 1.54) is 0 Å². The molecule has 1 aliphatic rings. The summed E-state index contributed by atoms with van der Waals surface area (Å²) >= 11 is 0.891. The van der Waals surface area contributed by atoms with E-state index in [-0.39, 0.29) is 12.3 Å². The van der Waals surface area contributed by atoms with E-state index in [1.807, 2.05) is 0 Å². The van der Waals surface area contributed by atoms with Crippen molar-refractivity contribution in [3.8, 4) is 0 Å². The molecule has 0 aromatic heterocycles. The fourth-order valence-electron chi connectivity index (χ4n) is 1.23. The number of thioether (sulfide) groups is 1. The molecule has 82 valence electrons. The maximum Gasteiger partial charge on any atom is 0.350 e. The molecule has 0 saturated carbocycles. The van der Waals surface area contributed by atoms with Crippen LogP contribution in [-0.2, 0) is 14.6 Å². The van der Waals surface area contributed by atoms with E-state index < -0.39 is 20.0 Å². The number of carbonyl (C=O) groups is 1. The topological polar surface area (TPSA) is 109 Å². The minimum Gasteiger partial charge on any atom is -0.478 e. The van der Waals surface area contributed by atoms with Crippen LogP contribution in [0.25, 0.3) is 0 Å². The predicted molar refractivity (Wildman–Crippen MR) is 53.7 cm³/mol. The van der Waals surface area contributed by atoms with Crippen molar-refractivity contribution >= 4 is 27.6 Å². The molecule has 1 atom stereocenters. The Morgan fingerprint density at radius 1 is 1.64 bits per heavy atom. The number of hydrogen-bond acceptors (Lipinski definition) is 6. The van der Waals surface area contributed by atoms with Gasteiger partial charge >= 0.3 is 5.97 Å². The van der Waals surface area contributed by atoms with Crippen LogP contribution in [0.5, 0.6) is 0 Å². The average Bonchev–Trinajstić information content (AvgIpc) is 2.52. The lowest BCUT2D eigenvalue weighted by Crippen LogP contribution is -2.53. The molecule has 0 bridgehead atoms. The number of aliphatic carboxylic acids is 1. The maximum absolute atomic E-state index is 11.7. The summed E-state index contributed by atoms with van der Waals surface area (Å²) in [6.45, 7) is 0.306. The molecule has 1 heterocycles. The average molecular weight is 240 g/mol. The van der Waals surface area contributed by atoms with Crippen LogP contribution in [-0.4, -0.2) is 48.3 Å². The fourth-order valence-corrected chi connectivity index (χ4v) is 4.45. The van der Waals surface area contributed by atoms with Crippen molar-refractivity contribution in [2.45, 2.75) is 4.20 Å². The van der Waals surface area contributed by atoms with Gasteiger partial charge in [0.25, 0.3) is 4.20 Å². The van der Waals surface area contributed by atoms with E-state index in [2.05, 4.69) is 5.32 Å². The van der Waals surface area contributed by atoms with Gasteiger partial charge in [0.15, 0.2) is 9.84 Å². The van der Waals surface area contributed by atoms with Crippen molar-refractivity contribution in [3.05, 3.63) is 0 Å². The highest BCUT2D eigenvalue weighted by Crippen LogP contribution is 2.33. The summed E-state index contributed by atoms with van der Waals surface area (Å²) in [7, 11) is -3.74. The molecule has 0 aliphatic carbocycles. The summed E-state index contributed by atoms with van der Waals surface area (Å²) in [4.78, 5) is 10.9. The summed E-state index contributed by atoms with van der Waals surface area (Å²) < 4.78 is 21.4. The van der Waals surface area contributed by atoms with Crippen LogP contribution in [0.15, 0.2) is 0 Å². The summed E-state index contributed by atoms with van der Waals surface area (Å²) in [6, 6.07) is 0. The van der Waals surface area contributed by atoms with Crippen molar-refractivity contribution in [1.29, 1.82) is 0 Å². The molecule has 0 amide bonds. The molecule has 0 aromatic carbocycles. The minimum atomic E-state index is -3.74. The quantitative estimate of drug-likeness (QED) is 0.545. The van der Waals surface area contributed by atoms with Crippen LogP contribution in [0, 0.1) is 0 Å². The first-order chi connectivity index (χ1) is 6.46. The number of carboxylic acid groups (broad SMARTS) is 1. The second-order valence-electron chi connectivity index (χ2n) is 2.80. The molecule has 8 heteroatoms. The Bertz CT molecular complexity index is 321. The van der Waals surface area contributed by atoms with Crippen LogP contribution in [0.1, 0.15) is 0 Å². The van der Waals surface area contributed by atoms with Gasteiger partial charge in [-0.05, 0) is 0 Å². The molecular weight excluding hydrogens is 228 g/mol. The molecule has 0 radical (unpaired) electrons. The lowest BCUT2D eigenvalue weighted by atomic mass is 10.6. The summed E-state index contributed by atoms with van der Waals surface area (Å²) in [6.07, 6.45) is 0. The highest BCUT2D eigenvalue weighted by Gasteiger charge is 2.53. The van der Waals surface area contributed by atoms with Gasteiger partial charge in [-0.15, -0.1) is 11.8 Å². The zero-order valence-corrected chi connectivity index (χ0v) is 9.03. The molecule has 1 fully saturated rings. The third kappa shape index (κ3) is 1.74. The molecule has 6 nitrogen and oxygen atoms in total. The molecule has 1 unspecified atom stereocenters. The smallest absolute Gasteiger partial charge is 0.350 e. The Hall–Kier alpha value is -0.310. The van der Waals surface area contributed by atoms with E-state index in [0.29, 0.717) is 12.3 Å². The van der Waals surface area contributed by atoms with E-state index >= 15 is 0 Å². The molecule has 0 spiro atoms. The van der Waals surface area contributed by atoms with Crippen molar-refractivity contribution in [1.82, 2.24) is 5.32 Å². The molecule has 1 aliphatic heterocycles. The van der Waals surface area contributed by atoms with Gasteiger partial charge in [-0.2, -0.15) is 0 Å². The van der Waals surface area contributed by atoms with Gasteiger partial charge in [0, 0.05) is 18.8 Å². The molecular formula is C6H12N2O4S2. The first-order valence-electron chi connectivity index (χ1n) is 4.01. The zero-order valence-electron chi connectivity index (χ0n) is 7.39. The highest BCUT2D eigenvalue weighted by atomic mass is 32.3. The van der Waals surface area contributed by atoms with Gasteiger partial charge in [0.2, 0.25) is 0 Å². The van der Waals surface area contributed by atoms with Gasteiger partial charge in [-0.25, -0.2) is 13.2 Å². The Kier molecular flexibility index (Phi) is 3.40. The largest absolute Gasteiger partial charge is 0.478 e. The molecule has 1 rings (SSSR count). The second-order valence-corrected chi connectivity index (χ2v) is 6.62. The first kappa shape index (κ1) is 11.8. The van der Waals surface area contributed by atoms with E-state index in [0.717, 1.165) is 11.8 Å². The van der Waals surface area contributed by atoms with Crippen molar-refractivity contribution < 1.29 is 18.3 Å². The standard InChI is InChI=1S/C6H12N2O4S2/c7-1-4-14(11,12)6(5(9)10)8-2-3-13-6/h8H,1-4,7H2,(H,9,10). The predicted octanol–water partition coefficient (Wildman–Crippen LogP) is -1.57. The lowest BCUT2D eigenvalue weighted by molar-refractivity contribution is -0.138. The number of nitrogens with one attached hydrogen (secondary N) is 1. The first-order valence-corrected chi connectivity index (χ1v) is 6.65. The lowest BCUT2D eigenvalue weighted by Gasteiger charge is -2.22. The Balaban J connectivity index is 3.05. The number of hydrogen-bond donors (Lipinski definition) is 3. The van der Waals surface area contributed by atoms with Crippen LogP contribution < -0.4 is 11.1 Å². The van der Waals surface area contributed by atoms with Gasteiger partial charge < -0.3 is 10.8 Å². The Morgan fingerprint density at radius 3 is 2.64 bits per heavy atom. The third-order valence-electron chi connectivity index (χ3n) is 1.87. The SMILES string of the molecule is NCCS(=O)(=O)C1(C(=O)O)NCCS1. The third-order valence-corrected chi connectivity index (χ3v) is 6.09. The van der Waals surface area contributed by atoms with Crippen LogP contribution in [0.3, 0.4) is 0 Å². The maximum atomic E-state index is 11.7. The summed E-state index contributed by atoms with van der Waals surface area (Å²) in [5.74, 6) is -1.22. The van der Waals surface area contributed by atoms with Gasteiger partial charge in [-0.3, -0.25) is 5.32 Å². The van der Waals surface area contributed by atoms with Crippen molar-refractivity contribution in [3.63, 3.8) is 0 Å². The van der Waals surface area contributed by atoms with E-state index in [1.54, 1.807) is 0 Å². The second kappa shape index (κ2) is 4.05. The van der Waals surface area contributed by atoms with Crippen molar-refractivity contribution in [2.75, 3.05) is 24.6 Å². The number of nitrogens with two attached hydrogens (primary N) is 1. The van der Waals surface area contributed by atoms with Crippen LogP contribution in [0.4, 0.5) is 0 Å². The number of carboxylic acids is 1. The van der Waals surface area contributed by atoms with Gasteiger partial charge in [-0.1, -0.05) is 0 Å². The number of rotatable bonds is 4. The zero-order chi connectivity index (χ0) is 10.8. The number of sulfone groups is 1. The van der Waals surface area contributed by atoms with Crippen LogP contribution >= 0.6 is 11.8 Å². The van der Waals surface area contributed by atoms with E-state index in [4.69, 9.17) is 10.8 Å². The van der Waals surface area contributed by atoms with Crippen LogP contribution in [0.2, 0.25) is 0 Å². The van der Waals surface area contributed by atoms with Crippen molar-refractivity contribution in [2.24, 2.45) is 5.73 Å². The van der Waals surface area contributed by atoms with Gasteiger partial charge in [0.05, 0.1) is 5.75 Å². The summed E-state index contributed by atoms with van der Waals surface area (Å²) in [5, 5.41) is 11.4. The normalized spacial score (nSPS) is 27.8. The molecule has 4 N–H and O–H groups in total.